The number of carbonyl (C=O) groups is 2. The molecular weight excluding hydrogens is 495 g/mol. The third-order valence-electron chi connectivity index (χ3n) is 8.94. The quantitative estimate of drug-likeness (QED) is 0.395. The summed E-state index contributed by atoms with van der Waals surface area (Å²) in [7, 11) is -4.87. The van der Waals surface area contributed by atoms with Gasteiger partial charge in [-0.15, -0.1) is 0 Å². The van der Waals surface area contributed by atoms with Gasteiger partial charge in [-0.25, -0.2) is 4.79 Å². The van der Waals surface area contributed by atoms with Crippen molar-refractivity contribution in [2.75, 3.05) is 13.2 Å². The second-order valence-electron chi connectivity index (χ2n) is 10.8. The fraction of sp³-hybridized carbons (Fsp3) is 0.739. The lowest BCUT2D eigenvalue weighted by atomic mass is 9.44. The number of allylic oxidation sites excluding steroid dienone is 1. The zero-order valence-electron chi connectivity index (χ0n) is 20.2. The number of nitrogens with zero attached hydrogens (tertiary/aromatic N) is 1. The number of imide groups is 1. The maximum Gasteiger partial charge on any atom is 0.326 e. The molecule has 1 saturated carbocycles. The van der Waals surface area contributed by atoms with E-state index in [0.717, 1.165) is 16.7 Å². The van der Waals surface area contributed by atoms with Gasteiger partial charge in [0, 0.05) is 24.7 Å². The largest absolute Gasteiger partial charge is 0.756 e. The molecule has 0 spiro atoms. The average molecular weight is 525 g/mol. The Morgan fingerprint density at radius 1 is 1.25 bits per heavy atom. The van der Waals surface area contributed by atoms with Gasteiger partial charge in [0.05, 0.1) is 43.0 Å². The third-order valence-corrected chi connectivity index (χ3v) is 9.93. The second-order valence-corrected chi connectivity index (χ2v) is 12.2. The minimum Gasteiger partial charge on any atom is -0.756 e. The molecule has 4 aliphatic heterocycles. The zero-order valence-corrected chi connectivity index (χ0v) is 21.1. The zero-order chi connectivity index (χ0) is 25.7. The molecule has 0 radical (unpaired) electrons. The summed E-state index contributed by atoms with van der Waals surface area (Å²) in [5.41, 5.74) is 1.84. The Morgan fingerprint density at radius 2 is 2.00 bits per heavy atom. The van der Waals surface area contributed by atoms with Crippen molar-refractivity contribution in [1.82, 2.24) is 10.2 Å². The summed E-state index contributed by atoms with van der Waals surface area (Å²) >= 11 is 0. The second kappa shape index (κ2) is 8.18. The summed E-state index contributed by atoms with van der Waals surface area (Å²) in [6.07, 6.45) is -3.21. The number of nitrogens with one attached hydrogen (secondary N) is 1. The predicted molar refractivity (Wildman–Crippen MR) is 119 cm³/mol. The molecule has 0 aromatic heterocycles. The number of hydrogen-bond donors (Lipinski definition) is 3. The number of aliphatic hydroxyl groups excluding tert-OH is 2. The van der Waals surface area contributed by atoms with Crippen molar-refractivity contribution in [3.05, 3.63) is 22.8 Å². The van der Waals surface area contributed by atoms with Crippen LogP contribution in [-0.2, 0) is 27.9 Å². The summed E-state index contributed by atoms with van der Waals surface area (Å²) < 4.78 is 34.9. The Kier molecular flexibility index (Phi) is 5.61. The first-order valence-electron chi connectivity index (χ1n) is 12.2. The van der Waals surface area contributed by atoms with Gasteiger partial charge in [0.15, 0.2) is 0 Å². The molecule has 6 aliphatic rings. The van der Waals surface area contributed by atoms with Gasteiger partial charge in [-0.05, 0) is 26.3 Å². The Balaban J connectivity index is 1.47. The van der Waals surface area contributed by atoms with Crippen LogP contribution in [0, 0.1) is 17.3 Å². The number of urea groups is 1. The highest BCUT2D eigenvalue weighted by Gasteiger charge is 2.71. The molecule has 3 amide bonds. The van der Waals surface area contributed by atoms with Crippen LogP contribution in [0.1, 0.15) is 33.6 Å². The smallest absolute Gasteiger partial charge is 0.326 e. The maximum absolute atomic E-state index is 13.2. The SMILES string of the molecule is CC1=CC2=C(C)[C@H]3[C@@H]1[C@@]1(C)C(=O)NC(=O)N([C@@H]31)[C@H]1C[C@@H](OP(=O)([O-])OC[C@H]3O[C@@H]2C[C@H]3O)[C@@H](CO)O1. The normalized spacial score (nSPS) is 50.2. The van der Waals surface area contributed by atoms with E-state index in [9.17, 15) is 29.3 Å². The van der Waals surface area contributed by atoms with Crippen LogP contribution in [0.3, 0.4) is 0 Å². The van der Waals surface area contributed by atoms with Crippen LogP contribution >= 0.6 is 7.82 Å². The van der Waals surface area contributed by atoms with Crippen molar-refractivity contribution in [3.63, 3.8) is 0 Å². The van der Waals surface area contributed by atoms with Gasteiger partial charge >= 0.3 is 6.03 Å². The molecule has 12 nitrogen and oxygen atoms in total. The molecule has 36 heavy (non-hydrogen) atoms. The fourth-order valence-corrected chi connectivity index (χ4v) is 8.22. The van der Waals surface area contributed by atoms with Crippen LogP contribution in [0.2, 0.25) is 0 Å². The Labute approximate surface area is 207 Å². The molecule has 6 rings (SSSR count). The van der Waals surface area contributed by atoms with Crippen LogP contribution in [-0.4, -0.2) is 83.1 Å². The van der Waals surface area contributed by atoms with E-state index in [-0.39, 0.29) is 30.6 Å². The van der Waals surface area contributed by atoms with Crippen LogP contribution in [0.4, 0.5) is 4.79 Å². The minimum atomic E-state index is -4.87. The molecule has 1 unspecified atom stereocenters. The Hall–Kier alpha value is -1.63. The van der Waals surface area contributed by atoms with Crippen molar-refractivity contribution in [3.8, 4) is 0 Å². The molecule has 13 heteroatoms. The number of amides is 3. The number of fused-ring (bicyclic) bond motifs is 7. The minimum absolute atomic E-state index is 0.0397. The average Bonchev–Trinajstić information content (AvgIpc) is 3.37. The predicted octanol–water partition coefficient (Wildman–Crippen LogP) is -0.0550. The van der Waals surface area contributed by atoms with E-state index in [0.29, 0.717) is 0 Å². The highest BCUT2D eigenvalue weighted by Crippen LogP contribution is 2.63. The monoisotopic (exact) mass is 525 g/mol. The summed E-state index contributed by atoms with van der Waals surface area (Å²) in [5, 5.41) is 22.9. The molecule has 2 aliphatic carbocycles. The first kappa shape index (κ1) is 24.7. The lowest BCUT2D eigenvalue weighted by Crippen LogP contribution is -2.79. The highest BCUT2D eigenvalue weighted by atomic mass is 31.2. The number of hydrogen-bond acceptors (Lipinski definition) is 10. The molecular formula is C23H30N2O10P-. The van der Waals surface area contributed by atoms with Crippen LogP contribution in [0.15, 0.2) is 22.8 Å². The van der Waals surface area contributed by atoms with Gasteiger partial charge < -0.3 is 33.6 Å². The van der Waals surface area contributed by atoms with E-state index in [1.807, 2.05) is 26.8 Å². The van der Waals surface area contributed by atoms with Crippen molar-refractivity contribution < 1.29 is 47.8 Å². The van der Waals surface area contributed by atoms with Gasteiger partial charge in [-0.2, -0.15) is 0 Å². The summed E-state index contributed by atoms with van der Waals surface area (Å²) in [5.74, 6) is -0.730. The van der Waals surface area contributed by atoms with Crippen LogP contribution in [0.25, 0.3) is 0 Å². The van der Waals surface area contributed by atoms with E-state index < -0.39 is 75.3 Å². The topological polar surface area (TPSA) is 167 Å². The lowest BCUT2D eigenvalue weighted by Gasteiger charge is -2.66. The van der Waals surface area contributed by atoms with E-state index in [2.05, 4.69) is 5.32 Å². The molecule has 4 heterocycles. The molecule has 4 fully saturated rings. The van der Waals surface area contributed by atoms with E-state index in [4.69, 9.17) is 18.5 Å². The molecule has 3 N–H and O–H groups in total. The first-order chi connectivity index (χ1) is 17.0. The van der Waals surface area contributed by atoms with Gasteiger partial charge in [-0.3, -0.25) is 19.6 Å². The standard InChI is InChI=1S/C23H31N2O10P/c1-9-4-11-10(2)18-19(9)23(3)20(18)25(22(29)24-21(23)28)17-6-14(15(7-26)34-17)35-36(30,31)32-8-16-12(27)5-13(11)33-16/h4,12-20,26-27H,5-8H2,1-3H3,(H,30,31)(H,24,28,29)/p-1/t12-,13-,14-,15-,16-,17-,18+,19-,20+,23-/m1/s1. The number of phosphoric acid groups is 1. The van der Waals surface area contributed by atoms with E-state index in [1.54, 1.807) is 0 Å². The fourth-order valence-electron chi connectivity index (χ4n) is 7.28. The van der Waals surface area contributed by atoms with Crippen molar-refractivity contribution >= 4 is 19.8 Å². The Bertz CT molecular complexity index is 1120. The summed E-state index contributed by atoms with van der Waals surface area (Å²) in [6.45, 7) is 4.76. The Morgan fingerprint density at radius 3 is 2.72 bits per heavy atom. The van der Waals surface area contributed by atoms with Crippen LogP contribution < -0.4 is 10.2 Å². The highest BCUT2D eigenvalue weighted by molar-refractivity contribution is 7.45. The molecule has 0 aromatic carbocycles. The van der Waals surface area contributed by atoms with Gasteiger partial charge in [-0.1, -0.05) is 17.2 Å². The van der Waals surface area contributed by atoms with Crippen molar-refractivity contribution in [2.24, 2.45) is 17.3 Å². The number of phosphoric ester groups is 1. The molecule has 6 bridgehead atoms. The summed E-state index contributed by atoms with van der Waals surface area (Å²) in [4.78, 5) is 40.5. The maximum atomic E-state index is 13.2. The van der Waals surface area contributed by atoms with Crippen molar-refractivity contribution in [1.29, 1.82) is 0 Å². The number of aliphatic hydroxyl groups is 2. The molecule has 11 atom stereocenters. The van der Waals surface area contributed by atoms with Crippen LogP contribution in [0.5, 0.6) is 0 Å². The van der Waals surface area contributed by atoms with E-state index in [1.165, 1.54) is 4.90 Å². The van der Waals surface area contributed by atoms with Gasteiger partial charge in [0.2, 0.25) is 5.91 Å². The lowest BCUT2D eigenvalue weighted by molar-refractivity contribution is -0.234. The van der Waals surface area contributed by atoms with Gasteiger partial charge in [0.25, 0.3) is 7.82 Å². The molecule has 0 aromatic rings. The summed E-state index contributed by atoms with van der Waals surface area (Å²) in [6, 6.07) is -1.20. The van der Waals surface area contributed by atoms with E-state index >= 15 is 0 Å². The number of rotatable bonds is 1. The molecule has 198 valence electrons. The third kappa shape index (κ3) is 3.36. The molecule has 3 saturated heterocycles. The number of carbonyl (C=O) groups excluding carboxylic acids is 2. The van der Waals surface area contributed by atoms with Gasteiger partial charge in [0.1, 0.15) is 18.4 Å². The first-order valence-corrected chi connectivity index (χ1v) is 13.7. The van der Waals surface area contributed by atoms with Crippen molar-refractivity contribution in [2.45, 2.75) is 76.4 Å². The number of ether oxygens (including phenoxy) is 2.